The van der Waals surface area contributed by atoms with Gasteiger partial charge in [0.25, 0.3) is 0 Å². The first-order valence-corrected chi connectivity index (χ1v) is 8.47. The van der Waals surface area contributed by atoms with Crippen LogP contribution in [0.3, 0.4) is 0 Å². The van der Waals surface area contributed by atoms with E-state index in [1.165, 1.54) is 4.90 Å². The fraction of sp³-hybridized carbons (Fsp3) is 0.190. The molecule has 0 aromatic heterocycles. The Morgan fingerprint density at radius 2 is 1.81 bits per heavy atom. The van der Waals surface area contributed by atoms with Gasteiger partial charge in [0.15, 0.2) is 0 Å². The van der Waals surface area contributed by atoms with Crippen LogP contribution in [0.25, 0.3) is 0 Å². The molecule has 0 aliphatic carbocycles. The van der Waals surface area contributed by atoms with Gasteiger partial charge in [0.2, 0.25) is 0 Å². The van der Waals surface area contributed by atoms with Gasteiger partial charge < -0.3 is 4.74 Å². The predicted octanol–water partition coefficient (Wildman–Crippen LogP) is 4.44. The Balaban J connectivity index is 1.96. The molecule has 2 rings (SSSR count). The predicted molar refractivity (Wildman–Crippen MR) is 107 cm³/mol. The molecule has 0 atom stereocenters. The number of anilines is 1. The molecule has 0 unspecified atom stereocenters. The first kappa shape index (κ1) is 19.6. The summed E-state index contributed by atoms with van der Waals surface area (Å²) in [6.45, 7) is 5.17. The lowest BCUT2D eigenvalue weighted by Gasteiger charge is -2.17. The zero-order valence-electron chi connectivity index (χ0n) is 14.9. The minimum Gasteiger partial charge on any atom is -0.410 e. The van der Waals surface area contributed by atoms with E-state index in [2.05, 4.69) is 23.3 Å². The van der Waals surface area contributed by atoms with Crippen molar-refractivity contribution < 1.29 is 9.53 Å². The number of hydrogen-bond donors (Lipinski definition) is 0. The average Bonchev–Trinajstić information content (AvgIpc) is 2.64. The van der Waals surface area contributed by atoms with Gasteiger partial charge in [-0.15, -0.1) is 6.58 Å². The van der Waals surface area contributed by atoms with Crippen LogP contribution in [-0.4, -0.2) is 38.2 Å². The van der Waals surface area contributed by atoms with Crippen molar-refractivity contribution >= 4 is 23.4 Å². The Morgan fingerprint density at radius 3 is 2.42 bits per heavy atom. The topological polar surface area (TPSA) is 32.8 Å². The Kier molecular flexibility index (Phi) is 7.28. The van der Waals surface area contributed by atoms with Crippen molar-refractivity contribution in [3.05, 3.63) is 71.8 Å². The number of carbonyl (C=O) groups is 1. The summed E-state index contributed by atoms with van der Waals surface area (Å²) in [5.74, 6) is 6.65. The fourth-order valence-electron chi connectivity index (χ4n) is 2.11. The molecule has 0 spiro atoms. The lowest BCUT2D eigenvalue weighted by Crippen LogP contribution is -2.29. The molecule has 26 heavy (non-hydrogen) atoms. The molecule has 2 aromatic rings. The molecule has 4 nitrogen and oxygen atoms in total. The van der Waals surface area contributed by atoms with Crippen LogP contribution in [-0.2, 0) is 0 Å². The van der Waals surface area contributed by atoms with E-state index < -0.39 is 6.09 Å². The van der Waals surface area contributed by atoms with Gasteiger partial charge >= 0.3 is 6.09 Å². The molecule has 5 heteroatoms. The van der Waals surface area contributed by atoms with E-state index in [4.69, 9.17) is 16.3 Å². The van der Waals surface area contributed by atoms with E-state index in [0.29, 0.717) is 17.3 Å². The lowest BCUT2D eigenvalue weighted by atomic mass is 10.2. The van der Waals surface area contributed by atoms with Crippen LogP contribution in [0.15, 0.2) is 61.2 Å². The fourth-order valence-corrected chi connectivity index (χ4v) is 2.23. The summed E-state index contributed by atoms with van der Waals surface area (Å²) >= 11 is 5.82. The second-order valence-corrected chi connectivity index (χ2v) is 6.15. The molecule has 2 aromatic carbocycles. The highest BCUT2D eigenvalue weighted by Gasteiger charge is 2.13. The molecule has 1 amide bonds. The van der Waals surface area contributed by atoms with Crippen LogP contribution in [0, 0.1) is 11.8 Å². The molecule has 0 aliphatic heterocycles. The average molecular weight is 369 g/mol. The van der Waals surface area contributed by atoms with Gasteiger partial charge in [-0.2, -0.15) is 0 Å². The second kappa shape index (κ2) is 9.67. The van der Waals surface area contributed by atoms with Crippen LogP contribution in [0.4, 0.5) is 10.5 Å². The smallest absolute Gasteiger partial charge is 0.410 e. The maximum atomic E-state index is 12.2. The summed E-state index contributed by atoms with van der Waals surface area (Å²) < 4.78 is 5.32. The molecule has 0 fully saturated rings. The number of nitrogens with zero attached hydrogens (tertiary/aromatic N) is 2. The molecule has 0 saturated carbocycles. The van der Waals surface area contributed by atoms with Gasteiger partial charge in [-0.3, -0.25) is 9.80 Å². The maximum absolute atomic E-state index is 12.2. The van der Waals surface area contributed by atoms with E-state index in [-0.39, 0.29) is 0 Å². The number of ether oxygens (including phenoxy) is 1. The van der Waals surface area contributed by atoms with Crippen molar-refractivity contribution in [2.45, 2.75) is 0 Å². The molecule has 0 bridgehead atoms. The van der Waals surface area contributed by atoms with Crippen molar-refractivity contribution in [1.29, 1.82) is 0 Å². The van der Waals surface area contributed by atoms with Crippen molar-refractivity contribution in [2.24, 2.45) is 0 Å². The lowest BCUT2D eigenvalue weighted by molar-refractivity contribution is 0.209. The largest absolute Gasteiger partial charge is 0.419 e. The standard InChI is InChI=1S/C21H21ClN2O2/c1-4-15-23(2)16-5-6-17-7-11-19(12-8-17)24(3)21(25)26-20-13-9-18(22)10-14-20/h4,7-14H,1,15-16H2,2-3H3. The Hall–Kier alpha value is -2.74. The normalized spacial score (nSPS) is 10.0. The van der Waals surface area contributed by atoms with Crippen molar-refractivity contribution in [3.8, 4) is 17.6 Å². The monoisotopic (exact) mass is 368 g/mol. The number of halogens is 1. The van der Waals surface area contributed by atoms with Gasteiger partial charge in [0.05, 0.1) is 6.54 Å². The molecule has 0 radical (unpaired) electrons. The molecule has 0 saturated heterocycles. The zero-order valence-corrected chi connectivity index (χ0v) is 15.7. The molecule has 134 valence electrons. The molecule has 0 heterocycles. The molecule has 0 N–H and O–H groups in total. The summed E-state index contributed by atoms with van der Waals surface area (Å²) in [6, 6.07) is 14.1. The molecular formula is C21H21ClN2O2. The van der Waals surface area contributed by atoms with E-state index in [1.807, 2.05) is 37.4 Å². The summed E-state index contributed by atoms with van der Waals surface area (Å²) in [6.07, 6.45) is 1.37. The van der Waals surface area contributed by atoms with Gasteiger partial charge in [-0.25, -0.2) is 4.79 Å². The summed E-state index contributed by atoms with van der Waals surface area (Å²) in [7, 11) is 3.64. The van der Waals surface area contributed by atoms with Crippen molar-refractivity contribution in [3.63, 3.8) is 0 Å². The third-order valence-electron chi connectivity index (χ3n) is 3.57. The van der Waals surface area contributed by atoms with E-state index in [9.17, 15) is 4.79 Å². The Morgan fingerprint density at radius 1 is 1.15 bits per heavy atom. The third-order valence-corrected chi connectivity index (χ3v) is 3.82. The van der Waals surface area contributed by atoms with Crippen LogP contribution in [0.5, 0.6) is 5.75 Å². The summed E-state index contributed by atoms with van der Waals surface area (Å²) in [5.41, 5.74) is 1.61. The van der Waals surface area contributed by atoms with Crippen LogP contribution in [0.1, 0.15) is 5.56 Å². The number of carbonyl (C=O) groups excluding carboxylic acids is 1. The highest BCUT2D eigenvalue weighted by atomic mass is 35.5. The minimum absolute atomic E-state index is 0.442. The first-order valence-electron chi connectivity index (χ1n) is 8.09. The minimum atomic E-state index is -0.475. The van der Waals surface area contributed by atoms with Crippen LogP contribution >= 0.6 is 11.6 Å². The first-order chi connectivity index (χ1) is 12.5. The number of rotatable bonds is 5. The number of likely N-dealkylation sites (N-methyl/N-ethyl adjacent to an activating group) is 1. The Labute approximate surface area is 159 Å². The molecular weight excluding hydrogens is 348 g/mol. The highest BCUT2D eigenvalue weighted by molar-refractivity contribution is 6.30. The van der Waals surface area contributed by atoms with Crippen LogP contribution < -0.4 is 9.64 Å². The van der Waals surface area contributed by atoms with E-state index in [0.717, 1.165) is 17.8 Å². The Bertz CT molecular complexity index is 805. The van der Waals surface area contributed by atoms with E-state index in [1.54, 1.807) is 31.3 Å². The van der Waals surface area contributed by atoms with Crippen LogP contribution in [0.2, 0.25) is 5.02 Å². The van der Waals surface area contributed by atoms with Crippen molar-refractivity contribution in [2.75, 3.05) is 32.1 Å². The van der Waals surface area contributed by atoms with Crippen molar-refractivity contribution in [1.82, 2.24) is 4.90 Å². The third kappa shape index (κ3) is 5.96. The van der Waals surface area contributed by atoms with Gasteiger partial charge in [0.1, 0.15) is 5.75 Å². The SMILES string of the molecule is C=CCN(C)CC#Cc1ccc(N(C)C(=O)Oc2ccc(Cl)cc2)cc1. The highest BCUT2D eigenvalue weighted by Crippen LogP contribution is 2.19. The van der Waals surface area contributed by atoms with Gasteiger partial charge in [-0.1, -0.05) is 29.5 Å². The number of amides is 1. The summed E-state index contributed by atoms with van der Waals surface area (Å²) in [5, 5.41) is 0.588. The maximum Gasteiger partial charge on any atom is 0.419 e. The van der Waals surface area contributed by atoms with Gasteiger partial charge in [-0.05, 0) is 55.6 Å². The quantitative estimate of drug-likeness (QED) is 0.577. The zero-order chi connectivity index (χ0) is 18.9. The van der Waals surface area contributed by atoms with Gasteiger partial charge in [0, 0.05) is 29.9 Å². The number of hydrogen-bond acceptors (Lipinski definition) is 3. The molecule has 0 aliphatic rings. The second-order valence-electron chi connectivity index (χ2n) is 5.71. The van der Waals surface area contributed by atoms with E-state index >= 15 is 0 Å². The summed E-state index contributed by atoms with van der Waals surface area (Å²) in [4.78, 5) is 15.7. The number of benzene rings is 2.